The van der Waals surface area contributed by atoms with Crippen LogP contribution in [-0.4, -0.2) is 23.9 Å². The van der Waals surface area contributed by atoms with Gasteiger partial charge < -0.3 is 4.90 Å². The van der Waals surface area contributed by atoms with E-state index in [2.05, 4.69) is 11.8 Å². The molecule has 0 atom stereocenters. The van der Waals surface area contributed by atoms with Crippen LogP contribution in [0.25, 0.3) is 0 Å². The van der Waals surface area contributed by atoms with Gasteiger partial charge in [0.2, 0.25) is 5.91 Å². The van der Waals surface area contributed by atoms with E-state index in [1.165, 1.54) is 4.90 Å². The van der Waals surface area contributed by atoms with Gasteiger partial charge in [-0.2, -0.15) is 0 Å². The smallest absolute Gasteiger partial charge is 0.223 e. The van der Waals surface area contributed by atoms with E-state index in [1.807, 2.05) is 0 Å². The zero-order chi connectivity index (χ0) is 8.69. The average Bonchev–Trinajstić information content (AvgIpc) is 2.03. The van der Waals surface area contributed by atoms with Crippen LogP contribution in [0.2, 0.25) is 0 Å². The van der Waals surface area contributed by atoms with Gasteiger partial charge >= 0.3 is 0 Å². The summed E-state index contributed by atoms with van der Waals surface area (Å²) in [6, 6.07) is 0. The molecule has 0 unspecified atom stereocenters. The SMILES string of the molecule is C#CCN(CC#C)C(=O)CC. The van der Waals surface area contributed by atoms with Gasteiger partial charge in [-0.3, -0.25) is 4.79 Å². The van der Waals surface area contributed by atoms with Crippen molar-refractivity contribution in [3.8, 4) is 24.7 Å². The summed E-state index contributed by atoms with van der Waals surface area (Å²) in [5.41, 5.74) is 0. The second-order valence-electron chi connectivity index (χ2n) is 2.01. The van der Waals surface area contributed by atoms with Crippen molar-refractivity contribution >= 4 is 5.91 Å². The molecule has 0 saturated carbocycles. The summed E-state index contributed by atoms with van der Waals surface area (Å²) in [6.45, 7) is 2.39. The molecule has 0 aliphatic carbocycles. The quantitative estimate of drug-likeness (QED) is 0.535. The number of carbonyl (C=O) groups is 1. The molecule has 0 spiro atoms. The van der Waals surface area contributed by atoms with Crippen molar-refractivity contribution in [2.75, 3.05) is 13.1 Å². The van der Waals surface area contributed by atoms with Gasteiger partial charge in [0.15, 0.2) is 0 Å². The maximum Gasteiger partial charge on any atom is 0.223 e. The molecule has 0 aliphatic rings. The van der Waals surface area contributed by atoms with Crippen LogP contribution in [0.4, 0.5) is 0 Å². The number of rotatable bonds is 3. The Morgan fingerprint density at radius 3 is 2.09 bits per heavy atom. The lowest BCUT2D eigenvalue weighted by Crippen LogP contribution is -2.30. The van der Waals surface area contributed by atoms with E-state index in [0.29, 0.717) is 19.5 Å². The van der Waals surface area contributed by atoms with Crippen molar-refractivity contribution in [1.29, 1.82) is 0 Å². The molecule has 2 heteroatoms. The second kappa shape index (κ2) is 5.38. The van der Waals surface area contributed by atoms with Gasteiger partial charge in [-0.25, -0.2) is 0 Å². The number of terminal acetylenes is 2. The van der Waals surface area contributed by atoms with Gasteiger partial charge in [0, 0.05) is 6.42 Å². The molecular weight excluding hydrogens is 138 g/mol. The first-order valence-corrected chi connectivity index (χ1v) is 3.41. The predicted octanol–water partition coefficient (Wildman–Crippen LogP) is 0.491. The van der Waals surface area contributed by atoms with Gasteiger partial charge in [-0.1, -0.05) is 18.8 Å². The molecule has 0 aromatic heterocycles. The van der Waals surface area contributed by atoms with Crippen LogP contribution >= 0.6 is 0 Å². The summed E-state index contributed by atoms with van der Waals surface area (Å²) < 4.78 is 0. The fourth-order valence-corrected chi connectivity index (χ4v) is 0.676. The minimum atomic E-state index is 0.000833. The molecule has 0 radical (unpaired) electrons. The number of hydrogen-bond donors (Lipinski definition) is 0. The molecule has 11 heavy (non-hydrogen) atoms. The maximum atomic E-state index is 11.0. The van der Waals surface area contributed by atoms with E-state index in [1.54, 1.807) is 6.92 Å². The summed E-state index contributed by atoms with van der Waals surface area (Å²) in [6.07, 6.45) is 10.5. The molecule has 0 fully saturated rings. The molecule has 0 aliphatic heterocycles. The van der Waals surface area contributed by atoms with Gasteiger partial charge in [0.25, 0.3) is 0 Å². The van der Waals surface area contributed by atoms with E-state index in [4.69, 9.17) is 12.8 Å². The van der Waals surface area contributed by atoms with Crippen LogP contribution in [-0.2, 0) is 4.79 Å². The summed E-state index contributed by atoms with van der Waals surface area (Å²) >= 11 is 0. The first kappa shape index (κ1) is 9.59. The van der Waals surface area contributed by atoms with Crippen molar-refractivity contribution < 1.29 is 4.79 Å². The van der Waals surface area contributed by atoms with E-state index >= 15 is 0 Å². The van der Waals surface area contributed by atoms with E-state index in [9.17, 15) is 4.79 Å². The molecular formula is C9H11NO. The van der Waals surface area contributed by atoms with Crippen LogP contribution in [0, 0.1) is 24.7 Å². The number of carbonyl (C=O) groups excluding carboxylic acids is 1. The largest absolute Gasteiger partial charge is 0.320 e. The fraction of sp³-hybridized carbons (Fsp3) is 0.444. The lowest BCUT2D eigenvalue weighted by atomic mass is 10.4. The molecule has 0 N–H and O–H groups in total. The standard InChI is InChI=1S/C9H11NO/c1-4-7-10(8-5-2)9(11)6-3/h1-2H,6-8H2,3H3. The molecule has 0 aromatic carbocycles. The molecule has 0 aromatic rings. The van der Waals surface area contributed by atoms with Gasteiger partial charge in [0.05, 0.1) is 13.1 Å². The third kappa shape index (κ3) is 3.33. The first-order chi connectivity index (χ1) is 5.26. The van der Waals surface area contributed by atoms with Crippen LogP contribution in [0.5, 0.6) is 0 Å². The van der Waals surface area contributed by atoms with Crippen LogP contribution in [0.1, 0.15) is 13.3 Å². The van der Waals surface area contributed by atoms with Crippen molar-refractivity contribution in [3.05, 3.63) is 0 Å². The first-order valence-electron chi connectivity index (χ1n) is 3.41. The Hall–Kier alpha value is -1.41. The monoisotopic (exact) mass is 149 g/mol. The zero-order valence-corrected chi connectivity index (χ0v) is 6.63. The number of amides is 1. The minimum absolute atomic E-state index is 0.000833. The highest BCUT2D eigenvalue weighted by atomic mass is 16.2. The second-order valence-corrected chi connectivity index (χ2v) is 2.01. The van der Waals surface area contributed by atoms with Crippen molar-refractivity contribution in [3.63, 3.8) is 0 Å². The third-order valence-electron chi connectivity index (χ3n) is 1.22. The molecule has 0 heterocycles. The van der Waals surface area contributed by atoms with Gasteiger partial charge in [-0.05, 0) is 0 Å². The Morgan fingerprint density at radius 1 is 1.36 bits per heavy atom. The summed E-state index contributed by atoms with van der Waals surface area (Å²) in [5.74, 6) is 4.76. The van der Waals surface area contributed by atoms with Gasteiger partial charge in [-0.15, -0.1) is 12.8 Å². The molecule has 0 bridgehead atoms. The third-order valence-corrected chi connectivity index (χ3v) is 1.22. The Kier molecular flexibility index (Phi) is 4.69. The predicted molar refractivity (Wildman–Crippen MR) is 44.5 cm³/mol. The fourth-order valence-electron chi connectivity index (χ4n) is 0.676. The summed E-state index contributed by atoms with van der Waals surface area (Å²) in [4.78, 5) is 12.5. The zero-order valence-electron chi connectivity index (χ0n) is 6.63. The van der Waals surface area contributed by atoms with Crippen molar-refractivity contribution in [2.24, 2.45) is 0 Å². The number of hydrogen-bond acceptors (Lipinski definition) is 1. The Morgan fingerprint density at radius 2 is 1.82 bits per heavy atom. The number of nitrogens with zero attached hydrogens (tertiary/aromatic N) is 1. The maximum absolute atomic E-state index is 11.0. The molecule has 2 nitrogen and oxygen atoms in total. The lowest BCUT2D eigenvalue weighted by molar-refractivity contribution is -0.129. The van der Waals surface area contributed by atoms with E-state index < -0.39 is 0 Å². The molecule has 58 valence electrons. The van der Waals surface area contributed by atoms with Crippen molar-refractivity contribution in [1.82, 2.24) is 4.90 Å². The highest BCUT2D eigenvalue weighted by molar-refractivity contribution is 5.76. The molecule has 0 rings (SSSR count). The lowest BCUT2D eigenvalue weighted by Gasteiger charge is -2.15. The van der Waals surface area contributed by atoms with Crippen LogP contribution in [0.3, 0.4) is 0 Å². The Balaban J connectivity index is 4.02. The van der Waals surface area contributed by atoms with Crippen molar-refractivity contribution in [2.45, 2.75) is 13.3 Å². The topological polar surface area (TPSA) is 20.3 Å². The molecule has 1 amide bonds. The average molecular weight is 149 g/mol. The normalized spacial score (nSPS) is 7.91. The highest BCUT2D eigenvalue weighted by Crippen LogP contribution is 1.91. The summed E-state index contributed by atoms with van der Waals surface area (Å²) in [5, 5.41) is 0. The van der Waals surface area contributed by atoms with Gasteiger partial charge in [0.1, 0.15) is 0 Å². The van der Waals surface area contributed by atoms with E-state index in [0.717, 1.165) is 0 Å². The highest BCUT2D eigenvalue weighted by Gasteiger charge is 2.06. The molecule has 0 saturated heterocycles. The summed E-state index contributed by atoms with van der Waals surface area (Å²) in [7, 11) is 0. The minimum Gasteiger partial charge on any atom is -0.320 e. The Labute approximate surface area is 67.6 Å². The van der Waals surface area contributed by atoms with Crippen LogP contribution in [0.15, 0.2) is 0 Å². The van der Waals surface area contributed by atoms with E-state index in [-0.39, 0.29) is 5.91 Å². The van der Waals surface area contributed by atoms with Crippen LogP contribution < -0.4 is 0 Å². The Bertz CT molecular complexity index is 191.